The highest BCUT2D eigenvalue weighted by Gasteiger charge is 2.30. The van der Waals surface area contributed by atoms with Crippen molar-refractivity contribution >= 4 is 22.6 Å². The quantitative estimate of drug-likeness (QED) is 0.710. The highest BCUT2D eigenvalue weighted by atomic mass is 19.1. The second-order valence-corrected chi connectivity index (χ2v) is 7.02. The predicted octanol–water partition coefficient (Wildman–Crippen LogP) is 2.47. The second kappa shape index (κ2) is 7.57. The molecule has 1 atom stereocenters. The minimum atomic E-state index is -0.601. The SMILES string of the molecule is COc1cc(OC)cc(N2CC[C@H](N(C)C(=O)c3cc4n[nH]nc4cc3F)C2)c1. The summed E-state index contributed by atoms with van der Waals surface area (Å²) in [6.45, 7) is 1.40. The zero-order valence-corrected chi connectivity index (χ0v) is 16.5. The van der Waals surface area contributed by atoms with E-state index in [1.807, 2.05) is 18.2 Å². The van der Waals surface area contributed by atoms with Crippen molar-refractivity contribution in [3.63, 3.8) is 0 Å². The number of hydrogen-bond acceptors (Lipinski definition) is 6. The number of nitrogens with zero attached hydrogens (tertiary/aromatic N) is 4. The molecule has 29 heavy (non-hydrogen) atoms. The predicted molar refractivity (Wildman–Crippen MR) is 106 cm³/mol. The van der Waals surface area contributed by atoms with Gasteiger partial charge >= 0.3 is 0 Å². The van der Waals surface area contributed by atoms with E-state index in [2.05, 4.69) is 20.3 Å². The molecule has 8 nitrogen and oxygen atoms in total. The maximum Gasteiger partial charge on any atom is 0.256 e. The lowest BCUT2D eigenvalue weighted by molar-refractivity contribution is 0.0740. The molecule has 0 spiro atoms. The number of ether oxygens (including phenoxy) is 2. The molecule has 1 N–H and O–H groups in total. The Hall–Kier alpha value is -3.36. The smallest absolute Gasteiger partial charge is 0.256 e. The minimum Gasteiger partial charge on any atom is -0.497 e. The van der Waals surface area contributed by atoms with Crippen molar-refractivity contribution in [2.45, 2.75) is 12.5 Å². The van der Waals surface area contributed by atoms with E-state index in [1.54, 1.807) is 26.2 Å². The molecule has 0 unspecified atom stereocenters. The van der Waals surface area contributed by atoms with Crippen LogP contribution >= 0.6 is 0 Å². The Morgan fingerprint density at radius 1 is 1.14 bits per heavy atom. The molecule has 1 fully saturated rings. The van der Waals surface area contributed by atoms with E-state index in [4.69, 9.17) is 9.47 Å². The minimum absolute atomic E-state index is 0.00426. The average molecular weight is 399 g/mol. The van der Waals surface area contributed by atoms with E-state index >= 15 is 0 Å². The van der Waals surface area contributed by atoms with Crippen LogP contribution in [0.25, 0.3) is 11.0 Å². The zero-order valence-electron chi connectivity index (χ0n) is 16.5. The number of carbonyl (C=O) groups excluding carboxylic acids is 1. The van der Waals surface area contributed by atoms with Crippen LogP contribution in [0.3, 0.4) is 0 Å². The molecule has 4 rings (SSSR count). The lowest BCUT2D eigenvalue weighted by atomic mass is 10.1. The summed E-state index contributed by atoms with van der Waals surface area (Å²) in [5.41, 5.74) is 1.80. The van der Waals surface area contributed by atoms with Gasteiger partial charge in [0, 0.05) is 50.1 Å². The molecule has 2 heterocycles. The number of carbonyl (C=O) groups is 1. The van der Waals surface area contributed by atoms with Crippen LogP contribution in [-0.4, -0.2) is 66.6 Å². The van der Waals surface area contributed by atoms with Crippen molar-refractivity contribution in [1.29, 1.82) is 0 Å². The van der Waals surface area contributed by atoms with E-state index in [1.165, 1.54) is 12.1 Å². The number of H-pyrrole nitrogens is 1. The Morgan fingerprint density at radius 3 is 2.45 bits per heavy atom. The average Bonchev–Trinajstić information content (AvgIpc) is 3.41. The monoisotopic (exact) mass is 399 g/mol. The van der Waals surface area contributed by atoms with Crippen molar-refractivity contribution in [3.05, 3.63) is 41.7 Å². The number of hydrogen-bond donors (Lipinski definition) is 1. The van der Waals surface area contributed by atoms with E-state index < -0.39 is 5.82 Å². The Bertz CT molecular complexity index is 1030. The van der Waals surface area contributed by atoms with Crippen LogP contribution in [0, 0.1) is 5.82 Å². The fraction of sp³-hybridized carbons (Fsp3) is 0.350. The van der Waals surface area contributed by atoms with E-state index in [-0.39, 0.29) is 17.5 Å². The van der Waals surface area contributed by atoms with Gasteiger partial charge in [-0.25, -0.2) is 4.39 Å². The number of methoxy groups -OCH3 is 2. The number of halogens is 1. The van der Waals surface area contributed by atoms with Gasteiger partial charge in [0.25, 0.3) is 5.91 Å². The highest BCUT2D eigenvalue weighted by molar-refractivity contribution is 5.97. The third-order valence-corrected chi connectivity index (χ3v) is 5.37. The summed E-state index contributed by atoms with van der Waals surface area (Å²) in [5.74, 6) is 0.434. The number of rotatable bonds is 5. The third-order valence-electron chi connectivity index (χ3n) is 5.37. The molecule has 1 saturated heterocycles. The van der Waals surface area contributed by atoms with Crippen LogP contribution in [-0.2, 0) is 0 Å². The van der Waals surface area contributed by atoms with Crippen LogP contribution < -0.4 is 14.4 Å². The molecule has 152 valence electrons. The Labute approximate surface area is 167 Å². The third kappa shape index (κ3) is 3.55. The maximum atomic E-state index is 14.4. The van der Waals surface area contributed by atoms with Gasteiger partial charge in [0.2, 0.25) is 0 Å². The number of nitrogens with one attached hydrogen (secondary N) is 1. The van der Waals surface area contributed by atoms with Crippen molar-refractivity contribution in [2.75, 3.05) is 39.3 Å². The summed E-state index contributed by atoms with van der Waals surface area (Å²) in [6.07, 6.45) is 0.773. The normalized spacial score (nSPS) is 16.3. The zero-order chi connectivity index (χ0) is 20.5. The van der Waals surface area contributed by atoms with Crippen molar-refractivity contribution < 1.29 is 18.7 Å². The number of amides is 1. The first-order valence-electron chi connectivity index (χ1n) is 9.25. The van der Waals surface area contributed by atoms with Crippen LogP contribution in [0.15, 0.2) is 30.3 Å². The lowest BCUT2D eigenvalue weighted by Crippen LogP contribution is -2.39. The summed E-state index contributed by atoms with van der Waals surface area (Å²) in [6, 6.07) is 8.30. The molecule has 0 saturated carbocycles. The van der Waals surface area contributed by atoms with Gasteiger partial charge in [-0.05, 0) is 12.5 Å². The Morgan fingerprint density at radius 2 is 1.79 bits per heavy atom. The second-order valence-electron chi connectivity index (χ2n) is 7.02. The first-order valence-corrected chi connectivity index (χ1v) is 9.25. The van der Waals surface area contributed by atoms with Gasteiger partial charge in [-0.1, -0.05) is 0 Å². The molecule has 0 bridgehead atoms. The van der Waals surface area contributed by atoms with Crippen molar-refractivity contribution in [1.82, 2.24) is 20.3 Å². The Balaban J connectivity index is 1.52. The maximum absolute atomic E-state index is 14.4. The molecule has 1 aromatic heterocycles. The molecule has 0 aliphatic carbocycles. The first-order chi connectivity index (χ1) is 14.0. The molecule has 1 aliphatic heterocycles. The molecule has 1 aliphatic rings. The van der Waals surface area contributed by atoms with E-state index in [0.29, 0.717) is 29.1 Å². The van der Waals surface area contributed by atoms with E-state index in [9.17, 15) is 9.18 Å². The van der Waals surface area contributed by atoms with Crippen molar-refractivity contribution in [2.24, 2.45) is 0 Å². The summed E-state index contributed by atoms with van der Waals surface area (Å²) < 4.78 is 25.1. The first kappa shape index (κ1) is 19.0. The fourth-order valence-electron chi connectivity index (χ4n) is 3.65. The molecule has 3 aromatic rings. The number of aromatic amines is 1. The summed E-state index contributed by atoms with van der Waals surface area (Å²) in [5, 5.41) is 10.2. The van der Waals surface area contributed by atoms with Gasteiger partial charge in [0.05, 0.1) is 25.8 Å². The largest absolute Gasteiger partial charge is 0.497 e. The van der Waals surface area contributed by atoms with Gasteiger partial charge in [-0.15, -0.1) is 0 Å². The lowest BCUT2D eigenvalue weighted by Gasteiger charge is -2.26. The summed E-state index contributed by atoms with van der Waals surface area (Å²) in [7, 11) is 4.92. The topological polar surface area (TPSA) is 83.6 Å². The van der Waals surface area contributed by atoms with Gasteiger partial charge in [-0.3, -0.25) is 4.79 Å². The standard InChI is InChI=1S/C20H22FN5O3/c1-25(20(27)16-9-18-19(10-17(16)21)23-24-22-18)12-4-5-26(11-12)13-6-14(28-2)8-15(7-13)29-3/h6-10,12H,4-5,11H2,1-3H3,(H,22,23,24)/t12-/m0/s1. The van der Waals surface area contributed by atoms with E-state index in [0.717, 1.165) is 18.7 Å². The Kier molecular flexibility index (Phi) is 4.96. The summed E-state index contributed by atoms with van der Waals surface area (Å²) in [4.78, 5) is 16.7. The fourth-order valence-corrected chi connectivity index (χ4v) is 3.65. The molecule has 9 heteroatoms. The van der Waals surface area contributed by atoms with Gasteiger partial charge in [-0.2, -0.15) is 15.4 Å². The number of anilines is 1. The highest BCUT2D eigenvalue weighted by Crippen LogP contribution is 2.31. The molecular weight excluding hydrogens is 377 g/mol. The molecule has 0 radical (unpaired) electrons. The number of likely N-dealkylation sites (N-methyl/N-ethyl adjacent to an activating group) is 1. The van der Waals surface area contributed by atoms with Crippen LogP contribution in [0.1, 0.15) is 16.8 Å². The van der Waals surface area contributed by atoms with Gasteiger partial charge in [0.15, 0.2) is 0 Å². The summed E-state index contributed by atoms with van der Waals surface area (Å²) >= 11 is 0. The molecular formula is C20H22FN5O3. The van der Waals surface area contributed by atoms with Crippen LogP contribution in [0.5, 0.6) is 11.5 Å². The number of fused-ring (bicyclic) bond motifs is 1. The number of aromatic nitrogens is 3. The molecule has 2 aromatic carbocycles. The molecule has 1 amide bonds. The van der Waals surface area contributed by atoms with Gasteiger partial charge in [0.1, 0.15) is 28.3 Å². The van der Waals surface area contributed by atoms with Gasteiger partial charge < -0.3 is 19.3 Å². The number of benzene rings is 2. The van der Waals surface area contributed by atoms with Crippen molar-refractivity contribution in [3.8, 4) is 11.5 Å². The van der Waals surface area contributed by atoms with Crippen LogP contribution in [0.2, 0.25) is 0 Å². The van der Waals surface area contributed by atoms with Crippen LogP contribution in [0.4, 0.5) is 10.1 Å².